The van der Waals surface area contributed by atoms with Gasteiger partial charge in [0.25, 0.3) is 0 Å². The first-order chi connectivity index (χ1) is 15.0. The molecule has 0 fully saturated rings. The molecule has 2 atom stereocenters. The quantitative estimate of drug-likeness (QED) is 0.263. The summed E-state index contributed by atoms with van der Waals surface area (Å²) < 4.78 is 6.78. The SMILES string of the molecule is Clc1ccc(C(OC(c2ccccc2)c2ccc(Cl)cc2Cl)c2ccccc2)c(Cl)c1. The average molecular weight is 488 g/mol. The Morgan fingerprint density at radius 3 is 1.23 bits per heavy atom. The molecule has 5 heteroatoms. The minimum atomic E-state index is -0.442. The summed E-state index contributed by atoms with van der Waals surface area (Å²) in [4.78, 5) is 0. The molecular formula is C26H18Cl4O. The Hall–Kier alpha value is -2.00. The molecule has 0 bridgehead atoms. The monoisotopic (exact) mass is 486 g/mol. The standard InChI is InChI=1S/C26H18Cl4O/c27-19-11-13-21(23(29)15-19)25(17-7-3-1-4-8-17)31-26(18-9-5-2-6-10-18)22-14-12-20(28)16-24(22)30/h1-16,25-26H. The van der Waals surface area contributed by atoms with Gasteiger partial charge in [-0.15, -0.1) is 0 Å². The van der Waals surface area contributed by atoms with Crippen molar-refractivity contribution in [2.45, 2.75) is 12.2 Å². The van der Waals surface area contributed by atoms with Gasteiger partial charge in [-0.25, -0.2) is 0 Å². The lowest BCUT2D eigenvalue weighted by molar-refractivity contribution is 0.0310. The Labute approximate surface area is 202 Å². The maximum absolute atomic E-state index is 6.78. The highest BCUT2D eigenvalue weighted by Crippen LogP contribution is 2.41. The van der Waals surface area contributed by atoms with Crippen LogP contribution in [-0.4, -0.2) is 0 Å². The van der Waals surface area contributed by atoms with Crippen molar-refractivity contribution in [3.05, 3.63) is 139 Å². The van der Waals surface area contributed by atoms with Gasteiger partial charge in [0.05, 0.1) is 0 Å². The summed E-state index contributed by atoms with van der Waals surface area (Å²) in [5, 5.41) is 2.22. The number of halogens is 4. The fourth-order valence-electron chi connectivity index (χ4n) is 3.48. The molecule has 0 spiro atoms. The predicted molar refractivity (Wildman–Crippen MR) is 131 cm³/mol. The number of rotatable bonds is 6. The lowest BCUT2D eigenvalue weighted by Crippen LogP contribution is -2.14. The minimum Gasteiger partial charge on any atom is -0.356 e. The highest BCUT2D eigenvalue weighted by atomic mass is 35.5. The van der Waals surface area contributed by atoms with Crippen LogP contribution >= 0.6 is 46.4 Å². The van der Waals surface area contributed by atoms with Crippen molar-refractivity contribution in [2.24, 2.45) is 0 Å². The maximum atomic E-state index is 6.78. The Bertz CT molecular complexity index is 1070. The third kappa shape index (κ3) is 5.26. The zero-order chi connectivity index (χ0) is 21.8. The molecule has 0 saturated heterocycles. The molecule has 0 aliphatic rings. The molecule has 2 unspecified atom stereocenters. The Balaban J connectivity index is 1.84. The van der Waals surface area contributed by atoms with E-state index in [1.54, 1.807) is 12.1 Å². The molecule has 1 nitrogen and oxygen atoms in total. The van der Waals surface area contributed by atoms with E-state index in [2.05, 4.69) is 0 Å². The second-order valence-corrected chi connectivity index (χ2v) is 8.74. The first-order valence-electron chi connectivity index (χ1n) is 9.68. The largest absolute Gasteiger partial charge is 0.356 e. The summed E-state index contributed by atoms with van der Waals surface area (Å²) in [5.74, 6) is 0. The van der Waals surface area contributed by atoms with Crippen molar-refractivity contribution in [1.29, 1.82) is 0 Å². The van der Waals surface area contributed by atoms with Gasteiger partial charge in [-0.1, -0.05) is 119 Å². The topological polar surface area (TPSA) is 9.23 Å². The fourth-order valence-corrected chi connectivity index (χ4v) is 4.50. The van der Waals surface area contributed by atoms with Gasteiger partial charge in [-0.3, -0.25) is 0 Å². The molecule has 0 N–H and O–H groups in total. The van der Waals surface area contributed by atoms with Crippen LogP contribution in [0.4, 0.5) is 0 Å². The summed E-state index contributed by atoms with van der Waals surface area (Å²) in [7, 11) is 0. The van der Waals surface area contributed by atoms with E-state index < -0.39 is 12.2 Å². The molecule has 4 aromatic carbocycles. The summed E-state index contributed by atoms with van der Waals surface area (Å²) in [5.41, 5.74) is 3.59. The third-order valence-electron chi connectivity index (χ3n) is 4.97. The van der Waals surface area contributed by atoms with Crippen LogP contribution in [0, 0.1) is 0 Å². The molecule has 4 rings (SSSR count). The van der Waals surface area contributed by atoms with Gasteiger partial charge in [-0.05, 0) is 35.4 Å². The highest BCUT2D eigenvalue weighted by Gasteiger charge is 2.26. The summed E-state index contributed by atoms with van der Waals surface area (Å²) in [6.45, 7) is 0. The van der Waals surface area contributed by atoms with Crippen LogP contribution in [0.3, 0.4) is 0 Å². The van der Waals surface area contributed by atoms with E-state index >= 15 is 0 Å². The summed E-state index contributed by atoms with van der Waals surface area (Å²) >= 11 is 25.5. The zero-order valence-electron chi connectivity index (χ0n) is 16.3. The van der Waals surface area contributed by atoms with E-state index in [0.29, 0.717) is 20.1 Å². The third-order valence-corrected chi connectivity index (χ3v) is 6.09. The van der Waals surface area contributed by atoms with Crippen LogP contribution in [0.5, 0.6) is 0 Å². The van der Waals surface area contributed by atoms with Crippen LogP contribution in [0.2, 0.25) is 20.1 Å². The minimum absolute atomic E-state index is 0.442. The lowest BCUT2D eigenvalue weighted by Gasteiger charge is -2.28. The van der Waals surface area contributed by atoms with Gasteiger partial charge in [-0.2, -0.15) is 0 Å². The maximum Gasteiger partial charge on any atom is 0.110 e. The van der Waals surface area contributed by atoms with Crippen molar-refractivity contribution in [1.82, 2.24) is 0 Å². The Morgan fingerprint density at radius 2 is 0.871 bits per heavy atom. The molecule has 0 heterocycles. The van der Waals surface area contributed by atoms with Crippen molar-refractivity contribution in [2.75, 3.05) is 0 Å². The van der Waals surface area contributed by atoms with E-state index in [1.165, 1.54) is 0 Å². The van der Waals surface area contributed by atoms with E-state index in [1.807, 2.05) is 84.9 Å². The van der Waals surface area contributed by atoms with Gasteiger partial charge >= 0.3 is 0 Å². The molecule has 156 valence electrons. The van der Waals surface area contributed by atoms with E-state index in [0.717, 1.165) is 22.3 Å². The van der Waals surface area contributed by atoms with E-state index in [9.17, 15) is 0 Å². The number of ether oxygens (including phenoxy) is 1. The normalized spacial score (nSPS) is 13.0. The smallest absolute Gasteiger partial charge is 0.110 e. The van der Waals surface area contributed by atoms with Crippen LogP contribution in [0.15, 0.2) is 97.1 Å². The molecule has 0 aliphatic carbocycles. The molecule has 0 radical (unpaired) electrons. The first-order valence-corrected chi connectivity index (χ1v) is 11.2. The highest BCUT2D eigenvalue weighted by molar-refractivity contribution is 6.35. The number of hydrogen-bond acceptors (Lipinski definition) is 1. The van der Waals surface area contributed by atoms with Gasteiger partial charge in [0.1, 0.15) is 12.2 Å². The van der Waals surface area contributed by atoms with Crippen LogP contribution in [-0.2, 0) is 4.74 Å². The van der Waals surface area contributed by atoms with Crippen LogP contribution in [0.25, 0.3) is 0 Å². The second kappa shape index (κ2) is 10.1. The number of hydrogen-bond donors (Lipinski definition) is 0. The Kier molecular flexibility index (Phi) is 7.22. The lowest BCUT2D eigenvalue weighted by atomic mass is 9.98. The molecule has 0 aromatic heterocycles. The van der Waals surface area contributed by atoms with Crippen LogP contribution in [0.1, 0.15) is 34.5 Å². The molecule has 0 aliphatic heterocycles. The van der Waals surface area contributed by atoms with Crippen molar-refractivity contribution >= 4 is 46.4 Å². The molecule has 0 amide bonds. The van der Waals surface area contributed by atoms with Gasteiger partial charge in [0.2, 0.25) is 0 Å². The van der Waals surface area contributed by atoms with Crippen molar-refractivity contribution in [3.63, 3.8) is 0 Å². The van der Waals surface area contributed by atoms with Gasteiger partial charge < -0.3 is 4.74 Å². The van der Waals surface area contributed by atoms with Gasteiger partial charge in [0, 0.05) is 31.2 Å². The first kappa shape index (κ1) is 22.2. The molecule has 31 heavy (non-hydrogen) atoms. The van der Waals surface area contributed by atoms with E-state index in [4.69, 9.17) is 51.1 Å². The van der Waals surface area contributed by atoms with Gasteiger partial charge in [0.15, 0.2) is 0 Å². The van der Waals surface area contributed by atoms with Crippen molar-refractivity contribution in [3.8, 4) is 0 Å². The molecule has 0 saturated carbocycles. The second-order valence-electron chi connectivity index (χ2n) is 7.05. The molecule has 4 aromatic rings. The fraction of sp³-hybridized carbons (Fsp3) is 0.0769. The summed E-state index contributed by atoms with van der Waals surface area (Å²) in [6.07, 6.45) is -0.883. The van der Waals surface area contributed by atoms with E-state index in [-0.39, 0.29) is 0 Å². The summed E-state index contributed by atoms with van der Waals surface area (Å²) in [6, 6.07) is 30.8. The zero-order valence-corrected chi connectivity index (χ0v) is 19.3. The Morgan fingerprint density at radius 1 is 0.484 bits per heavy atom. The van der Waals surface area contributed by atoms with Crippen LogP contribution < -0.4 is 0 Å². The average Bonchev–Trinajstić information content (AvgIpc) is 2.77. The van der Waals surface area contributed by atoms with Crippen molar-refractivity contribution < 1.29 is 4.74 Å². The number of benzene rings is 4. The molecular weight excluding hydrogens is 470 g/mol. The predicted octanol–water partition coefficient (Wildman–Crippen LogP) is 9.20.